The molecule has 4 heteroatoms. The summed E-state index contributed by atoms with van der Waals surface area (Å²) in [6.07, 6.45) is 9.40. The Bertz CT molecular complexity index is 494. The maximum Gasteiger partial charge on any atom is 0.316 e. The van der Waals surface area contributed by atoms with E-state index < -0.39 is 0 Å². The first-order chi connectivity index (χ1) is 12.0. The van der Waals surface area contributed by atoms with E-state index in [-0.39, 0.29) is 24.1 Å². The average molecular weight is 349 g/mol. The Kier molecular flexibility index (Phi) is 5.65. The summed E-state index contributed by atoms with van der Waals surface area (Å²) in [7, 11) is 0. The van der Waals surface area contributed by atoms with E-state index in [9.17, 15) is 9.90 Å². The van der Waals surface area contributed by atoms with Gasteiger partial charge >= 0.3 is 5.97 Å². The van der Waals surface area contributed by atoms with Crippen molar-refractivity contribution in [2.24, 2.45) is 23.7 Å². The third kappa shape index (κ3) is 3.54. The van der Waals surface area contributed by atoms with Crippen LogP contribution in [0.25, 0.3) is 0 Å². The first-order valence-electron chi connectivity index (χ1n) is 10.3. The lowest BCUT2D eigenvalue weighted by molar-refractivity contribution is -0.359. The van der Waals surface area contributed by atoms with Crippen molar-refractivity contribution < 1.29 is 19.4 Å². The first kappa shape index (κ1) is 18.6. The van der Waals surface area contributed by atoms with Crippen molar-refractivity contribution in [3.63, 3.8) is 0 Å². The quantitative estimate of drug-likeness (QED) is 0.492. The smallest absolute Gasteiger partial charge is 0.316 e. The van der Waals surface area contributed by atoms with E-state index >= 15 is 0 Å². The minimum atomic E-state index is -0.366. The summed E-state index contributed by atoms with van der Waals surface area (Å²) in [5.41, 5.74) is 0.451. The zero-order chi connectivity index (χ0) is 18.0. The molecule has 0 aliphatic heterocycles. The minimum Gasteiger partial charge on any atom is -0.602 e. The normalized spacial score (nSPS) is 36.9. The number of hydrogen-bond donors (Lipinski definition) is 0. The largest absolute Gasteiger partial charge is 0.602 e. The van der Waals surface area contributed by atoms with Gasteiger partial charge in [-0.2, -0.15) is 0 Å². The molecule has 4 aliphatic rings. The number of carbonyl (C=O) groups is 1. The van der Waals surface area contributed by atoms with Crippen LogP contribution in [0.1, 0.15) is 78.6 Å². The molecule has 0 N–H and O–H groups in total. The molecule has 0 aromatic carbocycles. The average Bonchev–Trinajstić information content (AvgIpc) is 2.60. The van der Waals surface area contributed by atoms with Crippen LogP contribution in [0.5, 0.6) is 0 Å². The number of ether oxygens (including phenoxy) is 2. The molecular weight excluding hydrogens is 316 g/mol. The van der Waals surface area contributed by atoms with Gasteiger partial charge in [0.15, 0.2) is 0 Å². The van der Waals surface area contributed by atoms with Gasteiger partial charge in [0.05, 0.1) is 12.6 Å². The summed E-state index contributed by atoms with van der Waals surface area (Å²) in [4.78, 5) is 12.5. The number of allylic oxidation sites excluding steroid dienone is 1. The van der Waals surface area contributed by atoms with Gasteiger partial charge in [0, 0.05) is 0 Å². The number of esters is 1. The fourth-order valence-corrected chi connectivity index (χ4v) is 5.99. The van der Waals surface area contributed by atoms with Crippen molar-refractivity contribution in [3.8, 4) is 0 Å². The van der Waals surface area contributed by atoms with Crippen molar-refractivity contribution in [1.29, 1.82) is 0 Å². The lowest BCUT2D eigenvalue weighted by atomic mass is 9.49. The second-order valence-corrected chi connectivity index (χ2v) is 8.37. The van der Waals surface area contributed by atoms with Crippen LogP contribution in [-0.2, 0) is 14.3 Å². The first-order valence-corrected chi connectivity index (χ1v) is 10.3. The van der Waals surface area contributed by atoms with Gasteiger partial charge < -0.3 is 14.6 Å². The topological polar surface area (TPSA) is 58.6 Å². The van der Waals surface area contributed by atoms with Gasteiger partial charge in [-0.15, -0.1) is 0 Å². The Balaban J connectivity index is 1.62. The van der Waals surface area contributed by atoms with Crippen molar-refractivity contribution in [2.75, 3.05) is 6.61 Å². The zero-order valence-electron chi connectivity index (χ0n) is 16.0. The molecule has 0 radical (unpaired) electrons. The molecule has 0 atom stereocenters. The molecule has 142 valence electrons. The minimum absolute atomic E-state index is 0.250. The molecule has 4 fully saturated rings. The highest BCUT2D eigenvalue weighted by atomic mass is 16.6. The highest BCUT2D eigenvalue weighted by Crippen LogP contribution is 2.60. The number of rotatable bonds is 8. The van der Waals surface area contributed by atoms with Crippen LogP contribution in [-0.4, -0.2) is 18.2 Å². The maximum absolute atomic E-state index is 12.5. The Morgan fingerprint density at radius 2 is 1.64 bits per heavy atom. The molecular formula is C21H33O4-. The molecule has 0 aromatic heterocycles. The monoisotopic (exact) mass is 349 g/mol. The Morgan fingerprint density at radius 1 is 1.04 bits per heavy atom. The molecule has 0 saturated heterocycles. The third-order valence-electron chi connectivity index (χ3n) is 6.96. The molecule has 4 saturated carbocycles. The van der Waals surface area contributed by atoms with E-state index in [1.165, 1.54) is 32.1 Å². The second-order valence-electron chi connectivity index (χ2n) is 8.37. The molecule has 0 spiro atoms. The zero-order valence-corrected chi connectivity index (χ0v) is 16.0. The van der Waals surface area contributed by atoms with E-state index in [0.29, 0.717) is 18.3 Å². The van der Waals surface area contributed by atoms with Crippen LogP contribution in [0.15, 0.2) is 11.5 Å². The van der Waals surface area contributed by atoms with Crippen molar-refractivity contribution in [2.45, 2.75) is 84.2 Å². The summed E-state index contributed by atoms with van der Waals surface area (Å²) < 4.78 is 11.3. The van der Waals surface area contributed by atoms with Gasteiger partial charge in [0.25, 0.3) is 0 Å². The van der Waals surface area contributed by atoms with Crippen LogP contribution in [0.4, 0.5) is 0 Å². The lowest BCUT2D eigenvalue weighted by Crippen LogP contribution is -2.59. The van der Waals surface area contributed by atoms with Gasteiger partial charge in [-0.25, -0.2) is 0 Å². The molecule has 4 rings (SSSR count). The summed E-state index contributed by atoms with van der Waals surface area (Å²) >= 11 is 0. The van der Waals surface area contributed by atoms with Crippen LogP contribution >= 0.6 is 0 Å². The van der Waals surface area contributed by atoms with Crippen LogP contribution in [0, 0.1) is 23.7 Å². The molecule has 0 aromatic rings. The van der Waals surface area contributed by atoms with Crippen molar-refractivity contribution in [3.05, 3.63) is 11.5 Å². The Hall–Kier alpha value is -1.19. The summed E-state index contributed by atoms with van der Waals surface area (Å²) in [5.74, 6) is 1.99. The predicted molar refractivity (Wildman–Crippen MR) is 94.3 cm³/mol. The van der Waals surface area contributed by atoms with Crippen molar-refractivity contribution in [1.82, 2.24) is 0 Å². The Morgan fingerprint density at radius 3 is 2.12 bits per heavy atom. The fourth-order valence-electron chi connectivity index (χ4n) is 5.99. The van der Waals surface area contributed by atoms with E-state index in [4.69, 9.17) is 9.47 Å². The van der Waals surface area contributed by atoms with Gasteiger partial charge in [-0.3, -0.25) is 4.79 Å². The summed E-state index contributed by atoms with van der Waals surface area (Å²) in [6.45, 7) is 5.88. The number of hydrogen-bond acceptors (Lipinski definition) is 4. The van der Waals surface area contributed by atoms with E-state index in [0.717, 1.165) is 36.7 Å². The van der Waals surface area contributed by atoms with E-state index in [2.05, 4.69) is 6.92 Å². The predicted octanol–water partition coefficient (Wildman–Crippen LogP) is 3.93. The van der Waals surface area contributed by atoms with E-state index in [1.54, 1.807) is 0 Å². The molecule has 4 nitrogen and oxygen atoms in total. The summed E-state index contributed by atoms with van der Waals surface area (Å²) in [6, 6.07) is 0. The molecule has 25 heavy (non-hydrogen) atoms. The lowest BCUT2D eigenvalue weighted by Gasteiger charge is -2.60. The SMILES string of the molecule is CCCC(CC)=C([O-])OCC(=O)OC1(CC)C2CC3CC(C2)CC1C3. The number of carbonyl (C=O) groups excluding carboxylic acids is 1. The molecule has 0 heterocycles. The third-order valence-corrected chi connectivity index (χ3v) is 6.96. The fraction of sp³-hybridized carbons (Fsp3) is 0.857. The summed E-state index contributed by atoms with van der Waals surface area (Å²) in [5, 5.41) is 12.1. The highest BCUT2D eigenvalue weighted by Gasteiger charge is 2.58. The standard InChI is InChI=1S/C21H34O4/c1-4-7-16(5-2)20(23)24-13-19(22)25-21(6-3)17-9-14-8-15(11-17)12-18(21)10-14/h14-15,17-18,23H,4-13H2,1-3H3/p-1. The van der Waals surface area contributed by atoms with Gasteiger partial charge in [-0.05, 0) is 80.6 Å². The molecule has 4 aliphatic carbocycles. The van der Waals surface area contributed by atoms with Crippen molar-refractivity contribution >= 4 is 5.97 Å². The molecule has 4 bridgehead atoms. The van der Waals surface area contributed by atoms with Gasteiger partial charge in [0.2, 0.25) is 0 Å². The Labute approximate surface area is 152 Å². The van der Waals surface area contributed by atoms with Crippen LogP contribution in [0.2, 0.25) is 0 Å². The molecule has 0 amide bonds. The maximum atomic E-state index is 12.5. The van der Waals surface area contributed by atoms with Crippen LogP contribution in [0.3, 0.4) is 0 Å². The van der Waals surface area contributed by atoms with Crippen LogP contribution < -0.4 is 5.11 Å². The van der Waals surface area contributed by atoms with Gasteiger partial charge in [-0.1, -0.05) is 27.2 Å². The highest BCUT2D eigenvalue weighted by molar-refractivity contribution is 5.71. The van der Waals surface area contributed by atoms with E-state index in [1.807, 2.05) is 13.8 Å². The molecule has 0 unspecified atom stereocenters. The second kappa shape index (κ2) is 7.59. The van der Waals surface area contributed by atoms with Gasteiger partial charge in [0.1, 0.15) is 5.60 Å².